The molecule has 0 amide bonds. The van der Waals surface area contributed by atoms with Crippen molar-refractivity contribution in [2.75, 3.05) is 6.54 Å². The summed E-state index contributed by atoms with van der Waals surface area (Å²) in [6.45, 7) is 6.25. The van der Waals surface area contributed by atoms with E-state index >= 15 is 0 Å². The van der Waals surface area contributed by atoms with Gasteiger partial charge in [0.25, 0.3) is 0 Å². The molecule has 2 aromatic rings. The lowest BCUT2D eigenvalue weighted by molar-refractivity contribution is 0.534. The van der Waals surface area contributed by atoms with Gasteiger partial charge in [0.1, 0.15) is 0 Å². The minimum Gasteiger partial charge on any atom is -0.346 e. The Labute approximate surface area is 120 Å². The van der Waals surface area contributed by atoms with Crippen molar-refractivity contribution in [1.29, 1.82) is 0 Å². The Morgan fingerprint density at radius 1 is 1.21 bits per heavy atom. The van der Waals surface area contributed by atoms with Crippen LogP contribution in [0.2, 0.25) is 5.02 Å². The van der Waals surface area contributed by atoms with Crippen LogP contribution in [0.1, 0.15) is 37.6 Å². The van der Waals surface area contributed by atoms with Crippen LogP contribution in [0, 0.1) is 0 Å². The van der Waals surface area contributed by atoms with Crippen molar-refractivity contribution in [3.63, 3.8) is 0 Å². The van der Waals surface area contributed by atoms with Crippen molar-refractivity contribution in [3.05, 3.63) is 58.9 Å². The molecule has 0 bridgehead atoms. The maximum absolute atomic E-state index is 6.23. The lowest BCUT2D eigenvalue weighted by Gasteiger charge is -2.17. The zero-order chi connectivity index (χ0) is 13.7. The SMILES string of the molecule is CCCNC(C)c1cccn1Cc1ccccc1Cl. The highest BCUT2D eigenvalue weighted by molar-refractivity contribution is 6.31. The van der Waals surface area contributed by atoms with Crippen molar-refractivity contribution in [2.45, 2.75) is 32.9 Å². The van der Waals surface area contributed by atoms with E-state index in [1.807, 2.05) is 18.2 Å². The minimum atomic E-state index is 0.359. The monoisotopic (exact) mass is 276 g/mol. The molecule has 1 atom stereocenters. The highest BCUT2D eigenvalue weighted by Crippen LogP contribution is 2.20. The molecule has 1 aromatic carbocycles. The summed E-state index contributed by atoms with van der Waals surface area (Å²) in [5, 5.41) is 4.35. The summed E-state index contributed by atoms with van der Waals surface area (Å²) in [6.07, 6.45) is 3.26. The summed E-state index contributed by atoms with van der Waals surface area (Å²) in [6, 6.07) is 12.6. The van der Waals surface area contributed by atoms with Gasteiger partial charge in [-0.15, -0.1) is 0 Å². The molecule has 19 heavy (non-hydrogen) atoms. The van der Waals surface area contributed by atoms with Crippen LogP contribution in [0.5, 0.6) is 0 Å². The number of benzene rings is 1. The molecule has 2 nitrogen and oxygen atoms in total. The lowest BCUT2D eigenvalue weighted by Crippen LogP contribution is -2.22. The highest BCUT2D eigenvalue weighted by Gasteiger charge is 2.10. The van der Waals surface area contributed by atoms with E-state index in [1.165, 1.54) is 5.69 Å². The molecule has 1 heterocycles. The fourth-order valence-electron chi connectivity index (χ4n) is 2.24. The topological polar surface area (TPSA) is 17.0 Å². The van der Waals surface area contributed by atoms with Gasteiger partial charge in [0.05, 0.1) is 0 Å². The summed E-state index contributed by atoms with van der Waals surface area (Å²) in [7, 11) is 0. The number of nitrogens with one attached hydrogen (secondary N) is 1. The molecule has 0 aliphatic rings. The fourth-order valence-corrected chi connectivity index (χ4v) is 2.44. The van der Waals surface area contributed by atoms with Crippen LogP contribution >= 0.6 is 11.6 Å². The second-order valence-corrected chi connectivity index (χ2v) is 5.24. The van der Waals surface area contributed by atoms with Crippen LogP contribution in [0.4, 0.5) is 0 Å². The van der Waals surface area contributed by atoms with E-state index in [-0.39, 0.29) is 0 Å². The molecule has 1 N–H and O–H groups in total. The molecule has 0 aliphatic heterocycles. The smallest absolute Gasteiger partial charge is 0.0488 e. The summed E-state index contributed by atoms with van der Waals surface area (Å²) in [5.41, 5.74) is 2.46. The first kappa shape index (κ1) is 14.2. The van der Waals surface area contributed by atoms with Crippen molar-refractivity contribution in [1.82, 2.24) is 9.88 Å². The standard InChI is InChI=1S/C16H21ClN2/c1-3-10-18-13(2)16-9-6-11-19(16)12-14-7-4-5-8-15(14)17/h4-9,11,13,18H,3,10,12H2,1-2H3. The van der Waals surface area contributed by atoms with Gasteiger partial charge in [-0.05, 0) is 43.7 Å². The average Bonchev–Trinajstić information content (AvgIpc) is 2.87. The van der Waals surface area contributed by atoms with Crippen LogP contribution in [-0.2, 0) is 6.54 Å². The molecule has 0 saturated heterocycles. The minimum absolute atomic E-state index is 0.359. The van der Waals surface area contributed by atoms with Crippen LogP contribution in [0.3, 0.4) is 0 Å². The molecule has 102 valence electrons. The molecule has 0 aliphatic carbocycles. The fraction of sp³-hybridized carbons (Fsp3) is 0.375. The highest BCUT2D eigenvalue weighted by atomic mass is 35.5. The molecule has 0 saturated carbocycles. The lowest BCUT2D eigenvalue weighted by atomic mass is 10.2. The molecular formula is C16H21ClN2. The first-order valence-electron chi connectivity index (χ1n) is 6.84. The molecule has 0 radical (unpaired) electrons. The number of rotatable bonds is 6. The van der Waals surface area contributed by atoms with Crippen LogP contribution in [0.25, 0.3) is 0 Å². The van der Waals surface area contributed by atoms with Crippen molar-refractivity contribution in [3.8, 4) is 0 Å². The third-order valence-corrected chi connectivity index (χ3v) is 3.68. The van der Waals surface area contributed by atoms with Gasteiger partial charge in [-0.3, -0.25) is 0 Å². The van der Waals surface area contributed by atoms with Crippen molar-refractivity contribution < 1.29 is 0 Å². The third kappa shape index (κ3) is 3.62. The molecular weight excluding hydrogens is 256 g/mol. The predicted octanol–water partition coefficient (Wildman–Crippen LogP) is 4.25. The summed E-state index contributed by atoms with van der Waals surface area (Å²) >= 11 is 6.23. The maximum Gasteiger partial charge on any atom is 0.0488 e. The number of halogens is 1. The van der Waals surface area contributed by atoms with Gasteiger partial charge in [-0.25, -0.2) is 0 Å². The third-order valence-electron chi connectivity index (χ3n) is 3.31. The van der Waals surface area contributed by atoms with Gasteiger partial charge in [0.2, 0.25) is 0 Å². The van der Waals surface area contributed by atoms with E-state index in [0.29, 0.717) is 6.04 Å². The van der Waals surface area contributed by atoms with E-state index in [0.717, 1.165) is 30.1 Å². The van der Waals surface area contributed by atoms with E-state index < -0.39 is 0 Å². The Morgan fingerprint density at radius 2 is 2.00 bits per heavy atom. The van der Waals surface area contributed by atoms with Crippen LogP contribution in [0.15, 0.2) is 42.6 Å². The largest absolute Gasteiger partial charge is 0.346 e. The van der Waals surface area contributed by atoms with E-state index in [1.54, 1.807) is 0 Å². The maximum atomic E-state index is 6.23. The van der Waals surface area contributed by atoms with Crippen molar-refractivity contribution >= 4 is 11.6 Å². The van der Waals surface area contributed by atoms with E-state index in [4.69, 9.17) is 11.6 Å². The normalized spacial score (nSPS) is 12.6. The van der Waals surface area contributed by atoms with Gasteiger partial charge in [0, 0.05) is 29.5 Å². The number of aromatic nitrogens is 1. The molecule has 1 aromatic heterocycles. The summed E-state index contributed by atoms with van der Waals surface area (Å²) in [5.74, 6) is 0. The molecule has 0 spiro atoms. The number of hydrogen-bond acceptors (Lipinski definition) is 1. The Hall–Kier alpha value is -1.25. The van der Waals surface area contributed by atoms with Gasteiger partial charge < -0.3 is 9.88 Å². The van der Waals surface area contributed by atoms with Crippen LogP contribution in [-0.4, -0.2) is 11.1 Å². The zero-order valence-corrected chi connectivity index (χ0v) is 12.3. The quantitative estimate of drug-likeness (QED) is 0.835. The average molecular weight is 277 g/mol. The second-order valence-electron chi connectivity index (χ2n) is 4.83. The Bertz CT molecular complexity index is 519. The summed E-state index contributed by atoms with van der Waals surface area (Å²) < 4.78 is 2.26. The van der Waals surface area contributed by atoms with Crippen molar-refractivity contribution in [2.24, 2.45) is 0 Å². The Morgan fingerprint density at radius 3 is 2.74 bits per heavy atom. The molecule has 0 fully saturated rings. The van der Waals surface area contributed by atoms with Gasteiger partial charge in [-0.2, -0.15) is 0 Å². The number of nitrogens with zero attached hydrogens (tertiary/aromatic N) is 1. The van der Waals surface area contributed by atoms with Gasteiger partial charge in [0.15, 0.2) is 0 Å². The Balaban J connectivity index is 2.14. The van der Waals surface area contributed by atoms with E-state index in [9.17, 15) is 0 Å². The molecule has 2 rings (SSSR count). The van der Waals surface area contributed by atoms with E-state index in [2.05, 4.69) is 48.1 Å². The molecule has 1 unspecified atom stereocenters. The first-order chi connectivity index (χ1) is 9.22. The van der Waals surface area contributed by atoms with Crippen LogP contribution < -0.4 is 5.32 Å². The predicted molar refractivity (Wildman–Crippen MR) is 81.7 cm³/mol. The Kier molecular flexibility index (Phi) is 5.06. The number of hydrogen-bond donors (Lipinski definition) is 1. The zero-order valence-electron chi connectivity index (χ0n) is 11.6. The summed E-state index contributed by atoms with van der Waals surface area (Å²) in [4.78, 5) is 0. The van der Waals surface area contributed by atoms with Gasteiger partial charge >= 0.3 is 0 Å². The first-order valence-corrected chi connectivity index (χ1v) is 7.22. The molecule has 3 heteroatoms. The second kappa shape index (κ2) is 6.78. The van der Waals surface area contributed by atoms with Gasteiger partial charge in [-0.1, -0.05) is 36.7 Å².